The second kappa shape index (κ2) is 10.6. The van der Waals surface area contributed by atoms with Gasteiger partial charge in [0.1, 0.15) is 11.4 Å². The Morgan fingerprint density at radius 3 is 2.74 bits per heavy atom. The summed E-state index contributed by atoms with van der Waals surface area (Å²) < 4.78 is 27.2. The predicted octanol–water partition coefficient (Wildman–Crippen LogP) is 4.05. The first-order valence-corrected chi connectivity index (χ1v) is 12.6. The van der Waals surface area contributed by atoms with Gasteiger partial charge in [0.2, 0.25) is 5.91 Å². The molecule has 2 aliphatic rings. The summed E-state index contributed by atoms with van der Waals surface area (Å²) in [5.74, 6) is 1.11. The first-order valence-electron chi connectivity index (χ1n) is 12.6. The highest BCUT2D eigenvalue weighted by Gasteiger charge is 2.29. The first kappa shape index (κ1) is 25.4. The molecule has 1 aromatic carbocycles. The van der Waals surface area contributed by atoms with E-state index in [0.29, 0.717) is 37.1 Å². The van der Waals surface area contributed by atoms with Gasteiger partial charge in [0, 0.05) is 49.6 Å². The van der Waals surface area contributed by atoms with Crippen LogP contribution in [-0.4, -0.2) is 52.5 Å². The molecule has 2 aliphatic heterocycles. The highest BCUT2D eigenvalue weighted by atomic mass is 19.1. The van der Waals surface area contributed by atoms with Crippen LogP contribution in [0.2, 0.25) is 0 Å². The number of aryl methyl sites for hydroxylation is 2. The Kier molecular flexibility index (Phi) is 7.13. The standard InChI is InChI=1S/C28H31FN6O3/c1-17(5-6-18-11-21(37-3)12-25(38-4)27(18)29)24-9-8-22-28(35(24)16-20-7-10-26(36)32-20)33-23(14-30-22)19-13-31-34(2)15-19/h8-9,11-15,20H,5-7,10,16H2,1-4H3,(H,32,36). The lowest BCUT2D eigenvalue weighted by atomic mass is 10.0. The van der Waals surface area contributed by atoms with Gasteiger partial charge in [-0.25, -0.2) is 9.37 Å². The van der Waals surface area contributed by atoms with Gasteiger partial charge in [-0.2, -0.15) is 5.10 Å². The molecule has 0 saturated carbocycles. The van der Waals surface area contributed by atoms with Gasteiger partial charge in [0.25, 0.3) is 0 Å². The molecule has 10 heteroatoms. The Morgan fingerprint density at radius 2 is 2.05 bits per heavy atom. The van der Waals surface area contributed by atoms with E-state index >= 15 is 0 Å². The Bertz CT molecular complexity index is 1430. The highest BCUT2D eigenvalue weighted by molar-refractivity contribution is 5.79. The van der Waals surface area contributed by atoms with Gasteiger partial charge in [0.15, 0.2) is 17.4 Å². The number of rotatable bonds is 8. The fourth-order valence-corrected chi connectivity index (χ4v) is 4.88. The maximum absolute atomic E-state index is 15.0. The number of carbonyl (C=O) groups excluding carboxylic acids is 1. The molecule has 1 amide bonds. The minimum Gasteiger partial charge on any atom is -0.497 e. The second-order valence-electron chi connectivity index (χ2n) is 9.58. The van der Waals surface area contributed by atoms with E-state index in [2.05, 4.69) is 20.3 Å². The third kappa shape index (κ3) is 5.11. The van der Waals surface area contributed by atoms with Crippen molar-refractivity contribution in [2.45, 2.75) is 38.6 Å². The third-order valence-electron chi connectivity index (χ3n) is 6.97. The smallest absolute Gasteiger partial charge is 0.220 e. The minimum atomic E-state index is -0.381. The zero-order chi connectivity index (χ0) is 26.8. The maximum atomic E-state index is 15.0. The number of amides is 1. The van der Waals surface area contributed by atoms with Gasteiger partial charge in [-0.05, 0) is 55.5 Å². The molecule has 3 aromatic rings. The number of carbonyl (C=O) groups is 1. The van der Waals surface area contributed by atoms with E-state index in [1.165, 1.54) is 7.11 Å². The van der Waals surface area contributed by atoms with Gasteiger partial charge < -0.3 is 19.7 Å². The Hall–Kier alpha value is -4.21. The van der Waals surface area contributed by atoms with Gasteiger partial charge in [-0.3, -0.25) is 14.5 Å². The monoisotopic (exact) mass is 518 g/mol. The van der Waals surface area contributed by atoms with E-state index < -0.39 is 0 Å². The number of aromatic nitrogens is 4. The molecule has 1 N–H and O–H groups in total. The number of ether oxygens (including phenoxy) is 2. The van der Waals surface area contributed by atoms with E-state index in [1.807, 2.05) is 32.3 Å². The predicted molar refractivity (Wildman–Crippen MR) is 142 cm³/mol. The molecule has 0 radical (unpaired) electrons. The van der Waals surface area contributed by atoms with E-state index in [9.17, 15) is 9.18 Å². The van der Waals surface area contributed by atoms with Gasteiger partial charge in [0.05, 0.1) is 32.3 Å². The average molecular weight is 519 g/mol. The van der Waals surface area contributed by atoms with Crippen molar-refractivity contribution < 1.29 is 18.7 Å². The van der Waals surface area contributed by atoms with Crippen LogP contribution < -0.4 is 19.7 Å². The molecule has 5 rings (SSSR count). The largest absolute Gasteiger partial charge is 0.497 e. The Morgan fingerprint density at radius 1 is 1.21 bits per heavy atom. The molecule has 1 saturated heterocycles. The molecule has 2 aromatic heterocycles. The normalized spacial score (nSPS) is 17.9. The SMILES string of the molecule is COc1cc(CCC(C)=C2C=Cc3ncc(-c4cnn(C)c4)nc3N2CC2CCC(=O)N2)c(F)c(OC)c1. The van der Waals surface area contributed by atoms with Crippen molar-refractivity contribution in [2.24, 2.45) is 7.05 Å². The van der Waals surface area contributed by atoms with Crippen molar-refractivity contribution in [3.8, 4) is 22.8 Å². The summed E-state index contributed by atoms with van der Waals surface area (Å²) >= 11 is 0. The molecular weight excluding hydrogens is 487 g/mol. The number of hydrogen-bond donors (Lipinski definition) is 1. The molecule has 198 valence electrons. The maximum Gasteiger partial charge on any atom is 0.220 e. The van der Waals surface area contributed by atoms with Crippen LogP contribution in [0.25, 0.3) is 17.3 Å². The summed E-state index contributed by atoms with van der Waals surface area (Å²) in [5.41, 5.74) is 4.89. The van der Waals surface area contributed by atoms with Crippen LogP contribution >= 0.6 is 0 Å². The van der Waals surface area contributed by atoms with Crippen molar-refractivity contribution in [1.82, 2.24) is 25.1 Å². The van der Waals surface area contributed by atoms with Crippen LogP contribution in [0.4, 0.5) is 10.2 Å². The number of benzene rings is 1. The van der Waals surface area contributed by atoms with Crippen LogP contribution in [0.5, 0.6) is 11.5 Å². The summed E-state index contributed by atoms with van der Waals surface area (Å²) in [6.07, 6.45) is 11.7. The van der Waals surface area contributed by atoms with Crippen molar-refractivity contribution in [1.29, 1.82) is 0 Å². The number of anilines is 1. The topological polar surface area (TPSA) is 94.4 Å². The molecule has 4 heterocycles. The zero-order valence-electron chi connectivity index (χ0n) is 22.0. The summed E-state index contributed by atoms with van der Waals surface area (Å²) in [5, 5.41) is 7.33. The fourth-order valence-electron chi connectivity index (χ4n) is 4.88. The van der Waals surface area contributed by atoms with E-state index in [0.717, 1.165) is 40.5 Å². The van der Waals surface area contributed by atoms with Crippen LogP contribution in [0, 0.1) is 5.82 Å². The van der Waals surface area contributed by atoms with Gasteiger partial charge in [-0.15, -0.1) is 0 Å². The number of halogens is 1. The number of methoxy groups -OCH3 is 2. The van der Waals surface area contributed by atoms with Crippen LogP contribution in [0.1, 0.15) is 37.4 Å². The molecule has 0 aliphatic carbocycles. The number of nitrogens with zero attached hydrogens (tertiary/aromatic N) is 5. The van der Waals surface area contributed by atoms with Crippen molar-refractivity contribution in [2.75, 3.05) is 25.7 Å². The lowest BCUT2D eigenvalue weighted by molar-refractivity contribution is -0.119. The molecular formula is C28H31FN6O3. The average Bonchev–Trinajstić information content (AvgIpc) is 3.55. The lowest BCUT2D eigenvalue weighted by Crippen LogP contribution is -2.40. The molecule has 0 bridgehead atoms. The first-order chi connectivity index (χ1) is 18.4. The summed E-state index contributed by atoms with van der Waals surface area (Å²) in [6.45, 7) is 2.60. The molecule has 1 atom stereocenters. The summed E-state index contributed by atoms with van der Waals surface area (Å²) in [6, 6.07) is 3.24. The van der Waals surface area contributed by atoms with Gasteiger partial charge >= 0.3 is 0 Å². The number of allylic oxidation sites excluding steroid dienone is 2. The minimum absolute atomic E-state index is 0.00594. The quantitative estimate of drug-likeness (QED) is 0.481. The summed E-state index contributed by atoms with van der Waals surface area (Å²) in [7, 11) is 4.85. The van der Waals surface area contributed by atoms with Crippen LogP contribution in [-0.2, 0) is 18.3 Å². The molecule has 1 unspecified atom stereocenters. The van der Waals surface area contributed by atoms with Crippen molar-refractivity contribution in [3.05, 3.63) is 65.1 Å². The van der Waals surface area contributed by atoms with Crippen molar-refractivity contribution in [3.63, 3.8) is 0 Å². The number of fused-ring (bicyclic) bond motifs is 1. The Balaban J connectivity index is 1.49. The zero-order valence-corrected chi connectivity index (χ0v) is 22.0. The van der Waals surface area contributed by atoms with Crippen LogP contribution in [0.15, 0.2) is 48.1 Å². The second-order valence-corrected chi connectivity index (χ2v) is 9.58. The van der Waals surface area contributed by atoms with Crippen molar-refractivity contribution >= 4 is 17.8 Å². The van der Waals surface area contributed by atoms with E-state index in [4.69, 9.17) is 14.5 Å². The molecule has 1 fully saturated rings. The molecule has 9 nitrogen and oxygen atoms in total. The highest BCUT2D eigenvalue weighted by Crippen LogP contribution is 2.34. The Labute approximate surface area is 221 Å². The third-order valence-corrected chi connectivity index (χ3v) is 6.97. The molecule has 0 spiro atoms. The summed E-state index contributed by atoms with van der Waals surface area (Å²) in [4.78, 5) is 23.7. The lowest BCUT2D eigenvalue weighted by Gasteiger charge is -2.32. The van der Waals surface area contributed by atoms with Crippen LogP contribution in [0.3, 0.4) is 0 Å². The number of hydrogen-bond acceptors (Lipinski definition) is 7. The number of nitrogens with one attached hydrogen (secondary N) is 1. The van der Waals surface area contributed by atoms with E-state index in [-0.39, 0.29) is 23.5 Å². The fraction of sp³-hybridized carbons (Fsp3) is 0.357. The molecule has 38 heavy (non-hydrogen) atoms. The van der Waals surface area contributed by atoms with E-state index in [1.54, 1.807) is 36.3 Å². The van der Waals surface area contributed by atoms with Gasteiger partial charge in [-0.1, -0.05) is 0 Å².